The Morgan fingerprint density at radius 1 is 0.962 bits per heavy atom. The van der Waals surface area contributed by atoms with Gasteiger partial charge in [0.15, 0.2) is 0 Å². The first-order chi connectivity index (χ1) is 12.6. The third kappa shape index (κ3) is 3.11. The van der Waals surface area contributed by atoms with Gasteiger partial charge in [0.25, 0.3) is 5.89 Å². The number of rotatable bonds is 4. The predicted molar refractivity (Wildman–Crippen MR) is 100 cm³/mol. The average molecular weight is 365 g/mol. The zero-order valence-corrected chi connectivity index (χ0v) is 14.9. The van der Waals surface area contributed by atoms with Crippen LogP contribution in [0.5, 0.6) is 0 Å². The summed E-state index contributed by atoms with van der Waals surface area (Å²) in [4.78, 5) is 21.0. The fourth-order valence-electron chi connectivity index (χ4n) is 2.36. The van der Waals surface area contributed by atoms with Crippen molar-refractivity contribution in [2.45, 2.75) is 6.92 Å². The molecule has 0 fully saturated rings. The highest BCUT2D eigenvalue weighted by molar-refractivity contribution is 7.15. The quantitative estimate of drug-likeness (QED) is 0.587. The molecule has 0 spiro atoms. The van der Waals surface area contributed by atoms with E-state index in [2.05, 4.69) is 25.1 Å². The lowest BCUT2D eigenvalue weighted by atomic mass is 10.3. The number of nitrogen functional groups attached to an aromatic ring is 1. The third-order valence-corrected chi connectivity index (χ3v) is 4.65. The number of benzene rings is 1. The van der Waals surface area contributed by atoms with E-state index in [0.717, 1.165) is 15.4 Å². The van der Waals surface area contributed by atoms with Gasteiger partial charge in [0.05, 0.1) is 4.88 Å². The minimum absolute atomic E-state index is 0.0890. The highest BCUT2D eigenvalue weighted by atomic mass is 32.1. The number of hydrogen-bond acceptors (Lipinski definition) is 9. The molecule has 0 aliphatic heterocycles. The maximum Gasteiger partial charge on any atom is 0.268 e. The number of para-hydroxylation sites is 1. The van der Waals surface area contributed by atoms with Crippen LogP contribution in [-0.4, -0.2) is 32.1 Å². The van der Waals surface area contributed by atoms with Gasteiger partial charge >= 0.3 is 0 Å². The van der Waals surface area contributed by atoms with E-state index < -0.39 is 0 Å². The Labute approximate surface area is 153 Å². The van der Waals surface area contributed by atoms with Crippen molar-refractivity contribution in [3.63, 3.8) is 0 Å². The number of aromatic nitrogens is 5. The van der Waals surface area contributed by atoms with E-state index in [9.17, 15) is 0 Å². The lowest BCUT2D eigenvalue weighted by Crippen LogP contribution is -2.15. The third-order valence-electron chi connectivity index (χ3n) is 3.66. The SMILES string of the molecule is Cc1ccc(-c2nc(-c3nc(N)nc(N(C)c4ccccc4)n3)no2)s1. The molecule has 9 heteroatoms. The van der Waals surface area contributed by atoms with Crippen molar-refractivity contribution in [3.8, 4) is 22.4 Å². The second-order valence-corrected chi connectivity index (χ2v) is 6.83. The first-order valence-corrected chi connectivity index (χ1v) is 8.63. The van der Waals surface area contributed by atoms with Crippen LogP contribution in [0, 0.1) is 6.92 Å². The van der Waals surface area contributed by atoms with Crippen LogP contribution >= 0.6 is 11.3 Å². The fourth-order valence-corrected chi connectivity index (χ4v) is 3.15. The van der Waals surface area contributed by atoms with Crippen LogP contribution in [0.1, 0.15) is 4.88 Å². The molecule has 0 bridgehead atoms. The number of nitrogens with zero attached hydrogens (tertiary/aromatic N) is 6. The van der Waals surface area contributed by atoms with Gasteiger partial charge in [0.1, 0.15) is 0 Å². The van der Waals surface area contributed by atoms with Crippen LogP contribution in [0.25, 0.3) is 22.4 Å². The summed E-state index contributed by atoms with van der Waals surface area (Å²) < 4.78 is 5.34. The smallest absolute Gasteiger partial charge is 0.268 e. The lowest BCUT2D eigenvalue weighted by Gasteiger charge is -2.17. The Morgan fingerprint density at radius 3 is 2.50 bits per heavy atom. The zero-order chi connectivity index (χ0) is 18.1. The van der Waals surface area contributed by atoms with Crippen LogP contribution in [0.2, 0.25) is 0 Å². The molecule has 0 aliphatic carbocycles. The van der Waals surface area contributed by atoms with Gasteiger partial charge in [-0.25, -0.2) is 0 Å². The van der Waals surface area contributed by atoms with E-state index in [0.29, 0.717) is 11.8 Å². The van der Waals surface area contributed by atoms with Crippen LogP contribution in [0.15, 0.2) is 47.0 Å². The largest absolute Gasteiger partial charge is 0.368 e. The maximum absolute atomic E-state index is 5.86. The second kappa shape index (κ2) is 6.52. The first-order valence-electron chi connectivity index (χ1n) is 7.81. The molecular weight excluding hydrogens is 350 g/mol. The predicted octanol–water partition coefficient (Wildman–Crippen LogP) is 3.31. The highest BCUT2D eigenvalue weighted by Crippen LogP contribution is 2.28. The zero-order valence-electron chi connectivity index (χ0n) is 14.1. The van der Waals surface area contributed by atoms with Gasteiger partial charge in [-0.3, -0.25) is 0 Å². The minimum atomic E-state index is 0.0890. The van der Waals surface area contributed by atoms with Crippen molar-refractivity contribution in [3.05, 3.63) is 47.3 Å². The molecule has 0 aliphatic rings. The first kappa shape index (κ1) is 16.2. The molecule has 0 amide bonds. The number of anilines is 3. The molecule has 2 N–H and O–H groups in total. The molecule has 26 heavy (non-hydrogen) atoms. The lowest BCUT2D eigenvalue weighted by molar-refractivity contribution is 0.433. The van der Waals surface area contributed by atoms with Gasteiger partial charge in [-0.1, -0.05) is 23.4 Å². The molecule has 130 valence electrons. The van der Waals surface area contributed by atoms with Gasteiger partial charge in [-0.2, -0.15) is 19.9 Å². The van der Waals surface area contributed by atoms with Crippen molar-refractivity contribution < 1.29 is 4.52 Å². The average Bonchev–Trinajstić information content (AvgIpc) is 3.30. The van der Waals surface area contributed by atoms with Crippen molar-refractivity contribution in [2.24, 2.45) is 0 Å². The second-order valence-electron chi connectivity index (χ2n) is 5.55. The van der Waals surface area contributed by atoms with E-state index in [1.807, 2.05) is 61.3 Å². The summed E-state index contributed by atoms with van der Waals surface area (Å²) in [6, 6.07) is 13.6. The molecule has 3 aromatic heterocycles. The van der Waals surface area contributed by atoms with E-state index in [1.165, 1.54) is 0 Å². The fraction of sp³-hybridized carbons (Fsp3) is 0.118. The Kier molecular flexibility index (Phi) is 4.05. The summed E-state index contributed by atoms with van der Waals surface area (Å²) in [7, 11) is 1.85. The Morgan fingerprint density at radius 2 is 1.77 bits per heavy atom. The molecule has 0 radical (unpaired) electrons. The van der Waals surface area contributed by atoms with E-state index in [4.69, 9.17) is 10.3 Å². The van der Waals surface area contributed by atoms with E-state index >= 15 is 0 Å². The van der Waals surface area contributed by atoms with Gasteiger partial charge in [0, 0.05) is 17.6 Å². The molecule has 4 aromatic rings. The van der Waals surface area contributed by atoms with Crippen LogP contribution in [0.3, 0.4) is 0 Å². The summed E-state index contributed by atoms with van der Waals surface area (Å²) >= 11 is 1.58. The van der Waals surface area contributed by atoms with E-state index in [-0.39, 0.29) is 17.6 Å². The van der Waals surface area contributed by atoms with Gasteiger partial charge in [0.2, 0.25) is 23.5 Å². The number of thiophene rings is 1. The molecule has 8 nitrogen and oxygen atoms in total. The Balaban J connectivity index is 1.70. The number of nitrogens with two attached hydrogens (primary N) is 1. The van der Waals surface area contributed by atoms with Gasteiger partial charge in [-0.05, 0) is 31.2 Å². The molecule has 0 saturated carbocycles. The standard InChI is InChI=1S/C17H15N7OS/c1-10-8-9-12(26-10)15-19-14(23-25-15)13-20-16(18)22-17(21-13)24(2)11-6-4-3-5-7-11/h3-9H,1-2H3,(H2,18,20,21,22). The Bertz CT molecular complexity index is 1040. The number of aryl methyl sites for hydroxylation is 1. The van der Waals surface area contributed by atoms with Crippen LogP contribution < -0.4 is 10.6 Å². The van der Waals surface area contributed by atoms with E-state index in [1.54, 1.807) is 11.3 Å². The summed E-state index contributed by atoms with van der Waals surface area (Å²) in [6.07, 6.45) is 0. The minimum Gasteiger partial charge on any atom is -0.368 e. The van der Waals surface area contributed by atoms with Crippen molar-refractivity contribution >= 4 is 28.9 Å². The molecule has 0 unspecified atom stereocenters. The van der Waals surface area contributed by atoms with Crippen LogP contribution in [-0.2, 0) is 0 Å². The van der Waals surface area contributed by atoms with Crippen molar-refractivity contribution in [1.82, 2.24) is 25.1 Å². The summed E-state index contributed by atoms with van der Waals surface area (Å²) in [6.45, 7) is 2.02. The molecule has 1 aromatic carbocycles. The maximum atomic E-state index is 5.86. The summed E-state index contributed by atoms with van der Waals surface area (Å²) in [5.74, 6) is 1.44. The van der Waals surface area contributed by atoms with Crippen molar-refractivity contribution in [2.75, 3.05) is 17.7 Å². The molecule has 0 atom stereocenters. The monoisotopic (exact) mass is 365 g/mol. The molecule has 3 heterocycles. The summed E-state index contributed by atoms with van der Waals surface area (Å²) in [5.41, 5.74) is 6.78. The Hall–Kier alpha value is -3.33. The van der Waals surface area contributed by atoms with Gasteiger partial charge in [-0.15, -0.1) is 11.3 Å². The highest BCUT2D eigenvalue weighted by Gasteiger charge is 2.17. The van der Waals surface area contributed by atoms with Gasteiger partial charge < -0.3 is 15.2 Å². The topological polar surface area (TPSA) is 107 Å². The molecular formula is C17H15N7OS. The number of hydrogen-bond donors (Lipinski definition) is 1. The molecule has 4 rings (SSSR count). The van der Waals surface area contributed by atoms with Crippen molar-refractivity contribution in [1.29, 1.82) is 0 Å². The normalized spacial score (nSPS) is 10.8. The molecule has 0 saturated heterocycles. The van der Waals surface area contributed by atoms with Crippen LogP contribution in [0.4, 0.5) is 17.6 Å². The summed E-state index contributed by atoms with van der Waals surface area (Å²) in [5, 5.41) is 3.98.